The quantitative estimate of drug-likeness (QED) is 0.538. The number of carbonyl (C=O) groups is 1. The fourth-order valence-corrected chi connectivity index (χ4v) is 3.20. The van der Waals surface area contributed by atoms with Crippen molar-refractivity contribution < 1.29 is 14.3 Å². The third-order valence-corrected chi connectivity index (χ3v) is 4.78. The van der Waals surface area contributed by atoms with E-state index in [0.29, 0.717) is 32.7 Å². The maximum Gasteiger partial charge on any atom is 0.231 e. The molecule has 6 heteroatoms. The second-order valence-electron chi connectivity index (χ2n) is 5.87. The summed E-state index contributed by atoms with van der Waals surface area (Å²) >= 11 is 12.3. The number of ether oxygens (including phenoxy) is 2. The summed E-state index contributed by atoms with van der Waals surface area (Å²) in [4.78, 5) is 16.5. The Kier molecular flexibility index (Phi) is 4.84. The molecule has 2 heterocycles. The monoisotopic (exact) mass is 397 g/mol. The lowest BCUT2D eigenvalue weighted by atomic mass is 10.1. The average Bonchev–Trinajstić information content (AvgIpc) is 2.97. The van der Waals surface area contributed by atoms with Gasteiger partial charge in [-0.3, -0.25) is 9.78 Å². The highest BCUT2D eigenvalue weighted by Gasteiger charge is 2.27. The average molecular weight is 398 g/mol. The predicted octanol–water partition coefficient (Wildman–Crippen LogP) is 5.58. The van der Waals surface area contributed by atoms with Crippen LogP contribution in [0.3, 0.4) is 0 Å². The van der Waals surface area contributed by atoms with Crippen LogP contribution >= 0.6 is 23.2 Å². The van der Waals surface area contributed by atoms with Crippen molar-refractivity contribution in [1.29, 1.82) is 0 Å². The smallest absolute Gasteiger partial charge is 0.231 e. The van der Waals surface area contributed by atoms with E-state index in [2.05, 4.69) is 4.98 Å². The summed E-state index contributed by atoms with van der Waals surface area (Å²) in [6.45, 7) is 0.212. The van der Waals surface area contributed by atoms with Gasteiger partial charge in [0.25, 0.3) is 0 Å². The van der Waals surface area contributed by atoms with Gasteiger partial charge in [0.15, 0.2) is 5.76 Å². The van der Waals surface area contributed by atoms with Gasteiger partial charge >= 0.3 is 0 Å². The Morgan fingerprint density at radius 2 is 1.89 bits per heavy atom. The number of rotatable bonds is 4. The van der Waals surface area contributed by atoms with Crippen LogP contribution in [0.15, 0.2) is 66.7 Å². The number of benzene rings is 2. The van der Waals surface area contributed by atoms with E-state index in [-0.39, 0.29) is 18.1 Å². The first-order valence-electron chi connectivity index (χ1n) is 8.16. The summed E-state index contributed by atoms with van der Waals surface area (Å²) < 4.78 is 11.5. The molecule has 1 aliphatic heterocycles. The zero-order chi connectivity index (χ0) is 18.8. The number of allylic oxidation sites excluding steroid dienone is 1. The lowest BCUT2D eigenvalue weighted by molar-refractivity contribution is 0.101. The number of fused-ring (bicyclic) bond motifs is 1. The van der Waals surface area contributed by atoms with Crippen molar-refractivity contribution in [2.45, 2.75) is 6.61 Å². The summed E-state index contributed by atoms with van der Waals surface area (Å²) in [7, 11) is 0. The highest BCUT2D eigenvalue weighted by Crippen LogP contribution is 2.35. The molecule has 1 aliphatic rings. The zero-order valence-electron chi connectivity index (χ0n) is 14.0. The Hall–Kier alpha value is -2.82. The lowest BCUT2D eigenvalue weighted by Gasteiger charge is -2.10. The van der Waals surface area contributed by atoms with E-state index in [4.69, 9.17) is 32.7 Å². The Morgan fingerprint density at radius 1 is 1.07 bits per heavy atom. The number of hydrogen-bond donors (Lipinski definition) is 0. The second-order valence-corrected chi connectivity index (χ2v) is 6.69. The van der Waals surface area contributed by atoms with Crippen LogP contribution in [0.1, 0.15) is 21.5 Å². The molecule has 0 atom stereocenters. The number of aromatic nitrogens is 1. The minimum atomic E-state index is -0.172. The molecule has 4 nitrogen and oxygen atoms in total. The van der Waals surface area contributed by atoms with E-state index in [1.54, 1.807) is 60.9 Å². The summed E-state index contributed by atoms with van der Waals surface area (Å²) in [5.74, 6) is 1.09. The third-order valence-electron chi connectivity index (χ3n) is 4.07. The van der Waals surface area contributed by atoms with Crippen LogP contribution in [0.5, 0.6) is 11.5 Å². The van der Waals surface area contributed by atoms with Crippen LogP contribution in [0, 0.1) is 0 Å². The molecule has 0 amide bonds. The summed E-state index contributed by atoms with van der Waals surface area (Å²) in [5.41, 5.74) is 1.99. The van der Waals surface area contributed by atoms with Gasteiger partial charge in [-0.1, -0.05) is 35.3 Å². The van der Waals surface area contributed by atoms with Gasteiger partial charge in [0.05, 0.1) is 5.56 Å². The molecule has 134 valence electrons. The van der Waals surface area contributed by atoms with Crippen molar-refractivity contribution in [1.82, 2.24) is 4.98 Å². The van der Waals surface area contributed by atoms with E-state index >= 15 is 0 Å². The molecule has 0 N–H and O–H groups in total. The molecule has 0 saturated carbocycles. The van der Waals surface area contributed by atoms with E-state index < -0.39 is 0 Å². The second kappa shape index (κ2) is 7.43. The highest BCUT2D eigenvalue weighted by molar-refractivity contribution is 6.35. The van der Waals surface area contributed by atoms with Gasteiger partial charge in [0.1, 0.15) is 18.1 Å². The molecule has 3 aromatic rings. The van der Waals surface area contributed by atoms with Crippen molar-refractivity contribution in [3.05, 3.63) is 93.4 Å². The van der Waals surface area contributed by atoms with E-state index in [1.807, 2.05) is 6.07 Å². The minimum Gasteiger partial charge on any atom is -0.489 e. The molecule has 0 radical (unpaired) electrons. The molecule has 0 bridgehead atoms. The Morgan fingerprint density at radius 3 is 2.63 bits per heavy atom. The molecule has 4 rings (SSSR count). The molecule has 0 saturated heterocycles. The van der Waals surface area contributed by atoms with Gasteiger partial charge in [-0.05, 0) is 42.0 Å². The van der Waals surface area contributed by atoms with Gasteiger partial charge < -0.3 is 9.47 Å². The Labute approximate surface area is 166 Å². The lowest BCUT2D eigenvalue weighted by Crippen LogP contribution is -1.98. The molecule has 1 aromatic heterocycles. The first-order valence-corrected chi connectivity index (χ1v) is 8.91. The van der Waals surface area contributed by atoms with E-state index in [0.717, 1.165) is 5.56 Å². The minimum absolute atomic E-state index is 0.172. The maximum absolute atomic E-state index is 12.5. The standard InChI is InChI=1S/C21H13Cl2NO3/c22-17-4-1-5-18(23)16(17)12-26-14-6-7-15-19(10-14)27-20(21(15)25)9-13-3-2-8-24-11-13/h1-11H,12H2. The third kappa shape index (κ3) is 3.68. The largest absolute Gasteiger partial charge is 0.489 e. The first-order chi connectivity index (χ1) is 13.1. The molecular formula is C21H13Cl2NO3. The number of hydrogen-bond acceptors (Lipinski definition) is 4. The summed E-state index contributed by atoms with van der Waals surface area (Å²) in [6.07, 6.45) is 5.00. The number of halogens is 2. The maximum atomic E-state index is 12.5. The Balaban J connectivity index is 1.54. The molecular weight excluding hydrogens is 385 g/mol. The van der Waals surface area contributed by atoms with E-state index in [1.165, 1.54) is 0 Å². The number of carbonyl (C=O) groups excluding carboxylic acids is 1. The molecule has 2 aromatic carbocycles. The normalized spacial score (nSPS) is 14.1. The topological polar surface area (TPSA) is 48.4 Å². The molecule has 27 heavy (non-hydrogen) atoms. The van der Waals surface area contributed by atoms with Crippen LogP contribution in [0.25, 0.3) is 6.08 Å². The molecule has 0 aliphatic carbocycles. The first kappa shape index (κ1) is 17.6. The SMILES string of the molecule is O=C1C(=Cc2cccnc2)Oc2cc(OCc3c(Cl)cccc3Cl)ccc21. The van der Waals surface area contributed by atoms with Crippen LogP contribution in [-0.4, -0.2) is 10.8 Å². The number of nitrogens with zero attached hydrogens (tertiary/aromatic N) is 1. The van der Waals surface area contributed by atoms with Crippen molar-refractivity contribution in [3.8, 4) is 11.5 Å². The molecule has 0 fully saturated rings. The van der Waals surface area contributed by atoms with Gasteiger partial charge in [0.2, 0.25) is 5.78 Å². The van der Waals surface area contributed by atoms with Crippen molar-refractivity contribution >= 4 is 35.1 Å². The van der Waals surface area contributed by atoms with Gasteiger partial charge in [-0.15, -0.1) is 0 Å². The zero-order valence-corrected chi connectivity index (χ0v) is 15.5. The van der Waals surface area contributed by atoms with Crippen LogP contribution in [-0.2, 0) is 6.61 Å². The van der Waals surface area contributed by atoms with E-state index in [9.17, 15) is 4.79 Å². The summed E-state index contributed by atoms with van der Waals surface area (Å²) in [6, 6.07) is 14.0. The molecule has 0 spiro atoms. The number of ketones is 1. The number of pyridine rings is 1. The summed E-state index contributed by atoms with van der Waals surface area (Å²) in [5, 5.41) is 1.08. The van der Waals surface area contributed by atoms with Gasteiger partial charge in [-0.2, -0.15) is 0 Å². The van der Waals surface area contributed by atoms with Crippen LogP contribution in [0.2, 0.25) is 10.0 Å². The van der Waals surface area contributed by atoms with Crippen molar-refractivity contribution in [2.75, 3.05) is 0 Å². The van der Waals surface area contributed by atoms with Crippen LogP contribution < -0.4 is 9.47 Å². The number of Topliss-reactive ketones (excluding diaryl/α,β-unsaturated/α-hetero) is 1. The highest BCUT2D eigenvalue weighted by atomic mass is 35.5. The van der Waals surface area contributed by atoms with Crippen LogP contribution in [0.4, 0.5) is 0 Å². The van der Waals surface area contributed by atoms with Crippen molar-refractivity contribution in [3.63, 3.8) is 0 Å². The van der Waals surface area contributed by atoms with Crippen molar-refractivity contribution in [2.24, 2.45) is 0 Å². The predicted molar refractivity (Wildman–Crippen MR) is 104 cm³/mol. The molecule has 0 unspecified atom stereocenters. The van der Waals surface area contributed by atoms with Gasteiger partial charge in [0, 0.05) is 34.1 Å². The fraction of sp³-hybridized carbons (Fsp3) is 0.0476. The fourth-order valence-electron chi connectivity index (χ4n) is 2.70. The van der Waals surface area contributed by atoms with Gasteiger partial charge in [-0.25, -0.2) is 0 Å². The Bertz CT molecular complexity index is 1030.